The summed E-state index contributed by atoms with van der Waals surface area (Å²) in [4.78, 5) is 38.3. The smallest absolute Gasteiger partial charge is 0.340 e. The van der Waals surface area contributed by atoms with Crippen molar-refractivity contribution < 1.29 is 19.1 Å². The lowest BCUT2D eigenvalue weighted by molar-refractivity contribution is -0.119. The van der Waals surface area contributed by atoms with Crippen LogP contribution in [0.3, 0.4) is 0 Å². The first-order chi connectivity index (χ1) is 11.0. The lowest BCUT2D eigenvalue weighted by atomic mass is 10.2. The summed E-state index contributed by atoms with van der Waals surface area (Å²) in [6.45, 7) is -0.442. The Labute approximate surface area is 140 Å². The fourth-order valence-corrected chi connectivity index (χ4v) is 2.02. The molecule has 0 unspecified atom stereocenters. The Morgan fingerprint density at radius 2 is 1.83 bits per heavy atom. The highest BCUT2D eigenvalue weighted by molar-refractivity contribution is 9.10. The van der Waals surface area contributed by atoms with Gasteiger partial charge in [-0.3, -0.25) is 14.6 Å². The van der Waals surface area contributed by atoms with E-state index in [1.807, 2.05) is 0 Å². The Morgan fingerprint density at radius 3 is 2.43 bits per heavy atom. The van der Waals surface area contributed by atoms with Crippen LogP contribution >= 0.6 is 15.9 Å². The molecule has 0 fully saturated rings. The monoisotopic (exact) mass is 377 g/mol. The summed E-state index contributed by atoms with van der Waals surface area (Å²) in [5.74, 6) is -1.72. The minimum atomic E-state index is -0.655. The van der Waals surface area contributed by atoms with Crippen molar-refractivity contribution in [2.45, 2.75) is 0 Å². The van der Waals surface area contributed by atoms with Gasteiger partial charge in [-0.05, 0) is 46.3 Å². The van der Waals surface area contributed by atoms with Crippen molar-refractivity contribution in [2.75, 3.05) is 11.9 Å². The highest BCUT2D eigenvalue weighted by Gasteiger charge is 2.11. The summed E-state index contributed by atoms with van der Waals surface area (Å²) in [5.41, 5.74) is 6.14. The minimum absolute atomic E-state index is 0.234. The van der Waals surface area contributed by atoms with Crippen LogP contribution in [0.2, 0.25) is 0 Å². The van der Waals surface area contributed by atoms with Gasteiger partial charge in [-0.2, -0.15) is 0 Å². The second kappa shape index (κ2) is 7.50. The number of primary amides is 1. The summed E-state index contributed by atoms with van der Waals surface area (Å²) in [6.07, 6.45) is 2.87. The molecular weight excluding hydrogens is 366 g/mol. The van der Waals surface area contributed by atoms with Crippen LogP contribution in [0.5, 0.6) is 0 Å². The van der Waals surface area contributed by atoms with Gasteiger partial charge in [-0.15, -0.1) is 0 Å². The molecule has 7 nitrogen and oxygen atoms in total. The number of aromatic nitrogens is 1. The van der Waals surface area contributed by atoms with Crippen molar-refractivity contribution in [3.05, 3.63) is 58.3 Å². The van der Waals surface area contributed by atoms with Crippen molar-refractivity contribution in [1.82, 2.24) is 4.98 Å². The number of carbonyl (C=O) groups is 3. The van der Waals surface area contributed by atoms with Gasteiger partial charge in [0, 0.05) is 28.1 Å². The second-order valence-electron chi connectivity index (χ2n) is 4.46. The molecule has 8 heteroatoms. The zero-order valence-corrected chi connectivity index (χ0v) is 13.4. The maximum absolute atomic E-state index is 11.8. The maximum Gasteiger partial charge on any atom is 0.340 e. The summed E-state index contributed by atoms with van der Waals surface area (Å²) >= 11 is 3.19. The number of nitrogens with one attached hydrogen (secondary N) is 1. The lowest BCUT2D eigenvalue weighted by Gasteiger charge is -2.07. The fourth-order valence-electron chi connectivity index (χ4n) is 1.65. The second-order valence-corrected chi connectivity index (χ2v) is 5.37. The van der Waals surface area contributed by atoms with Crippen LogP contribution in [-0.2, 0) is 9.53 Å². The van der Waals surface area contributed by atoms with Crippen molar-refractivity contribution in [3.8, 4) is 0 Å². The molecule has 2 aromatic rings. The Balaban J connectivity index is 1.87. The number of benzene rings is 1. The van der Waals surface area contributed by atoms with E-state index in [9.17, 15) is 14.4 Å². The fraction of sp³-hybridized carbons (Fsp3) is 0.0667. The van der Waals surface area contributed by atoms with E-state index in [0.29, 0.717) is 15.7 Å². The number of nitrogens with two attached hydrogens (primary N) is 1. The van der Waals surface area contributed by atoms with E-state index in [1.54, 1.807) is 0 Å². The van der Waals surface area contributed by atoms with Crippen molar-refractivity contribution in [3.63, 3.8) is 0 Å². The number of hydrogen-bond donors (Lipinski definition) is 2. The predicted octanol–water partition coefficient (Wildman–Crippen LogP) is 1.74. The molecule has 3 N–H and O–H groups in total. The summed E-state index contributed by atoms with van der Waals surface area (Å²) in [5, 5.41) is 2.53. The van der Waals surface area contributed by atoms with Crippen LogP contribution in [0.25, 0.3) is 0 Å². The maximum atomic E-state index is 11.8. The highest BCUT2D eigenvalue weighted by Crippen LogP contribution is 2.11. The number of rotatable bonds is 5. The first-order valence-corrected chi connectivity index (χ1v) is 7.22. The molecule has 0 atom stereocenters. The molecule has 0 saturated carbocycles. The molecule has 2 rings (SSSR count). The van der Waals surface area contributed by atoms with Crippen molar-refractivity contribution in [2.24, 2.45) is 5.73 Å². The van der Waals surface area contributed by atoms with E-state index in [4.69, 9.17) is 10.5 Å². The zero-order chi connectivity index (χ0) is 16.8. The molecule has 0 saturated heterocycles. The lowest BCUT2D eigenvalue weighted by Crippen LogP contribution is -2.21. The van der Waals surface area contributed by atoms with Gasteiger partial charge in [-0.1, -0.05) is 0 Å². The molecule has 23 heavy (non-hydrogen) atoms. The SMILES string of the molecule is NC(=O)c1ccc(NC(=O)COC(=O)c2cncc(Br)c2)cc1. The number of hydrogen-bond acceptors (Lipinski definition) is 5. The van der Waals surface area contributed by atoms with Crippen LogP contribution in [0.1, 0.15) is 20.7 Å². The van der Waals surface area contributed by atoms with E-state index < -0.39 is 24.4 Å². The van der Waals surface area contributed by atoms with E-state index in [-0.39, 0.29) is 5.56 Å². The number of nitrogens with zero attached hydrogens (tertiary/aromatic N) is 1. The molecule has 1 heterocycles. The van der Waals surface area contributed by atoms with E-state index >= 15 is 0 Å². The first-order valence-electron chi connectivity index (χ1n) is 6.43. The zero-order valence-electron chi connectivity index (χ0n) is 11.8. The van der Waals surface area contributed by atoms with Crippen LogP contribution in [0, 0.1) is 0 Å². The minimum Gasteiger partial charge on any atom is -0.452 e. The largest absolute Gasteiger partial charge is 0.452 e. The van der Waals surface area contributed by atoms with E-state index in [0.717, 1.165) is 0 Å². The standard InChI is InChI=1S/C15H12BrN3O4/c16-11-5-10(6-18-7-11)15(22)23-8-13(20)19-12-3-1-9(2-4-12)14(17)21/h1-7H,8H2,(H2,17,21)(H,19,20). The summed E-state index contributed by atoms with van der Waals surface area (Å²) in [7, 11) is 0. The van der Waals surface area contributed by atoms with Gasteiger partial charge in [0.1, 0.15) is 0 Å². The van der Waals surface area contributed by atoms with Gasteiger partial charge in [-0.25, -0.2) is 4.79 Å². The average Bonchev–Trinajstić information content (AvgIpc) is 2.53. The van der Waals surface area contributed by atoms with Crippen LogP contribution in [0.4, 0.5) is 5.69 Å². The Kier molecular flexibility index (Phi) is 5.42. The Morgan fingerprint density at radius 1 is 1.13 bits per heavy atom. The van der Waals surface area contributed by atoms with Gasteiger partial charge < -0.3 is 15.8 Å². The number of amides is 2. The molecule has 118 valence electrons. The molecule has 0 radical (unpaired) electrons. The molecule has 0 aliphatic rings. The third-order valence-corrected chi connectivity index (χ3v) is 3.16. The molecule has 2 amide bonds. The molecular formula is C15H12BrN3O4. The van der Waals surface area contributed by atoms with Gasteiger partial charge in [0.15, 0.2) is 6.61 Å². The summed E-state index contributed by atoms with van der Waals surface area (Å²) in [6, 6.07) is 7.56. The molecule has 1 aromatic heterocycles. The predicted molar refractivity (Wildman–Crippen MR) is 85.8 cm³/mol. The Bertz CT molecular complexity index is 747. The molecule has 0 spiro atoms. The first kappa shape index (κ1) is 16.6. The van der Waals surface area contributed by atoms with Crippen molar-refractivity contribution in [1.29, 1.82) is 0 Å². The van der Waals surface area contributed by atoms with Gasteiger partial charge in [0.25, 0.3) is 5.91 Å². The third-order valence-electron chi connectivity index (χ3n) is 2.73. The van der Waals surface area contributed by atoms with Crippen LogP contribution in [-0.4, -0.2) is 29.4 Å². The quantitative estimate of drug-likeness (QED) is 0.770. The number of esters is 1. The topological polar surface area (TPSA) is 111 Å². The number of pyridine rings is 1. The van der Waals surface area contributed by atoms with Crippen LogP contribution < -0.4 is 11.1 Å². The average molecular weight is 378 g/mol. The molecule has 0 aliphatic heterocycles. The molecule has 1 aromatic carbocycles. The van der Waals surface area contributed by atoms with Crippen LogP contribution in [0.15, 0.2) is 47.2 Å². The van der Waals surface area contributed by atoms with Gasteiger partial charge in [0.2, 0.25) is 5.91 Å². The van der Waals surface area contributed by atoms with Gasteiger partial charge in [0.05, 0.1) is 5.56 Å². The van der Waals surface area contributed by atoms with E-state index in [1.165, 1.54) is 42.7 Å². The number of anilines is 1. The number of carbonyl (C=O) groups excluding carboxylic acids is 3. The highest BCUT2D eigenvalue weighted by atomic mass is 79.9. The summed E-state index contributed by atoms with van der Waals surface area (Å²) < 4.78 is 5.52. The van der Waals surface area contributed by atoms with Gasteiger partial charge >= 0.3 is 5.97 Å². The molecule has 0 bridgehead atoms. The normalized spacial score (nSPS) is 9.96. The molecule has 0 aliphatic carbocycles. The third kappa shape index (κ3) is 4.89. The Hall–Kier alpha value is -2.74. The van der Waals surface area contributed by atoms with Crippen molar-refractivity contribution >= 4 is 39.4 Å². The number of ether oxygens (including phenoxy) is 1. The number of halogens is 1. The van der Waals surface area contributed by atoms with E-state index in [2.05, 4.69) is 26.2 Å².